The quantitative estimate of drug-likeness (QED) is 0.623. The van der Waals surface area contributed by atoms with Gasteiger partial charge in [0.05, 0.1) is 18.6 Å². The first-order valence-electron chi connectivity index (χ1n) is 5.01. The van der Waals surface area contributed by atoms with E-state index in [9.17, 15) is 10.2 Å². The Labute approximate surface area is 97.7 Å². The van der Waals surface area contributed by atoms with Crippen LogP contribution in [0.2, 0.25) is 0 Å². The van der Waals surface area contributed by atoms with Gasteiger partial charge >= 0.3 is 0 Å². The standard InChI is InChI=1S/C13H12O4/c1-17-11-6-9(8-4-2-3-5-8)10(7-14)12(15)13(11)16/h2-7,14-16H,1H3. The Morgan fingerprint density at radius 1 is 1.12 bits per heavy atom. The van der Waals surface area contributed by atoms with Crippen molar-refractivity contribution < 1.29 is 20.1 Å². The number of benzene rings is 1. The molecule has 0 unspecified atom stereocenters. The van der Waals surface area contributed by atoms with E-state index < -0.39 is 5.75 Å². The van der Waals surface area contributed by atoms with E-state index in [0.717, 1.165) is 11.8 Å². The molecule has 0 aliphatic heterocycles. The molecule has 0 bridgehead atoms. The lowest BCUT2D eigenvalue weighted by Gasteiger charge is -2.06. The summed E-state index contributed by atoms with van der Waals surface area (Å²) in [6.07, 6.45) is 8.10. The molecular weight excluding hydrogens is 220 g/mol. The minimum Gasteiger partial charge on any atom is -0.515 e. The third kappa shape index (κ3) is 1.73. The van der Waals surface area contributed by atoms with Crippen molar-refractivity contribution in [3.8, 4) is 17.2 Å². The average Bonchev–Trinajstić information content (AvgIpc) is 2.86. The lowest BCUT2D eigenvalue weighted by atomic mass is 10.1. The zero-order valence-corrected chi connectivity index (χ0v) is 9.21. The monoisotopic (exact) mass is 232 g/mol. The van der Waals surface area contributed by atoms with Gasteiger partial charge in [-0.3, -0.25) is 0 Å². The molecule has 0 atom stereocenters. The van der Waals surface area contributed by atoms with Gasteiger partial charge in [-0.1, -0.05) is 24.3 Å². The highest BCUT2D eigenvalue weighted by atomic mass is 16.5. The van der Waals surface area contributed by atoms with Crippen LogP contribution in [-0.4, -0.2) is 22.4 Å². The van der Waals surface area contributed by atoms with E-state index in [2.05, 4.69) is 0 Å². The maximum absolute atomic E-state index is 9.77. The highest BCUT2D eigenvalue weighted by molar-refractivity contribution is 5.73. The number of phenolic OH excluding ortho intramolecular Hbond substituents is 2. The normalized spacial score (nSPS) is 14.6. The van der Waals surface area contributed by atoms with Gasteiger partial charge < -0.3 is 20.1 Å². The van der Waals surface area contributed by atoms with Gasteiger partial charge in [-0.05, 0) is 16.9 Å². The molecule has 0 saturated heterocycles. The molecule has 2 rings (SSSR count). The molecule has 1 aliphatic rings. The molecule has 1 aliphatic carbocycles. The van der Waals surface area contributed by atoms with E-state index in [1.807, 2.05) is 24.3 Å². The van der Waals surface area contributed by atoms with E-state index >= 15 is 0 Å². The second-order valence-electron chi connectivity index (χ2n) is 3.54. The molecule has 0 spiro atoms. The molecule has 0 aromatic heterocycles. The Bertz CT molecular complexity index is 610. The highest BCUT2D eigenvalue weighted by Gasteiger charge is 2.11. The van der Waals surface area contributed by atoms with E-state index in [-0.39, 0.29) is 16.7 Å². The first kappa shape index (κ1) is 11.1. The molecule has 0 amide bonds. The van der Waals surface area contributed by atoms with Crippen LogP contribution in [0.3, 0.4) is 0 Å². The van der Waals surface area contributed by atoms with E-state index in [1.54, 1.807) is 6.07 Å². The van der Waals surface area contributed by atoms with Crippen molar-refractivity contribution in [1.82, 2.24) is 0 Å². The average molecular weight is 232 g/mol. The van der Waals surface area contributed by atoms with Crippen LogP contribution >= 0.6 is 0 Å². The van der Waals surface area contributed by atoms with Crippen molar-refractivity contribution in [3.05, 3.63) is 40.8 Å². The van der Waals surface area contributed by atoms with Crippen LogP contribution in [0.25, 0.3) is 11.8 Å². The molecule has 1 aromatic carbocycles. The van der Waals surface area contributed by atoms with Crippen LogP contribution in [0.4, 0.5) is 0 Å². The van der Waals surface area contributed by atoms with Crippen molar-refractivity contribution >= 4 is 11.8 Å². The third-order valence-corrected chi connectivity index (χ3v) is 2.60. The number of rotatable bonds is 1. The summed E-state index contributed by atoms with van der Waals surface area (Å²) in [5.74, 6) is -0.629. The Morgan fingerprint density at radius 2 is 1.76 bits per heavy atom. The number of methoxy groups -OCH3 is 1. The summed E-state index contributed by atoms with van der Waals surface area (Å²) in [4.78, 5) is 0. The summed E-state index contributed by atoms with van der Waals surface area (Å²) in [6, 6.07) is 1.56. The Hall–Kier alpha value is -2.36. The molecule has 17 heavy (non-hydrogen) atoms. The van der Waals surface area contributed by atoms with Gasteiger partial charge in [0.1, 0.15) is 0 Å². The maximum atomic E-state index is 9.77. The Balaban J connectivity index is 2.95. The first-order chi connectivity index (χ1) is 8.19. The van der Waals surface area contributed by atoms with Gasteiger partial charge in [-0.15, -0.1) is 0 Å². The zero-order chi connectivity index (χ0) is 12.4. The Morgan fingerprint density at radius 3 is 2.29 bits per heavy atom. The van der Waals surface area contributed by atoms with Gasteiger partial charge in [0.15, 0.2) is 11.5 Å². The summed E-state index contributed by atoms with van der Waals surface area (Å²) in [7, 11) is 1.39. The molecule has 0 heterocycles. The van der Waals surface area contributed by atoms with Gasteiger partial charge in [-0.2, -0.15) is 0 Å². The SMILES string of the molecule is COc1cc(=C2C=CC=C2)c(=CO)c(O)c1O. The molecule has 3 N–H and O–H groups in total. The molecule has 0 saturated carbocycles. The minimum atomic E-state index is -0.400. The van der Waals surface area contributed by atoms with E-state index in [1.165, 1.54) is 7.11 Å². The predicted octanol–water partition coefficient (Wildman–Crippen LogP) is 0.679. The highest BCUT2D eigenvalue weighted by Crippen LogP contribution is 2.30. The smallest absolute Gasteiger partial charge is 0.201 e. The van der Waals surface area contributed by atoms with Crippen LogP contribution in [-0.2, 0) is 0 Å². The van der Waals surface area contributed by atoms with Crippen molar-refractivity contribution in [2.45, 2.75) is 0 Å². The maximum Gasteiger partial charge on any atom is 0.201 e. The second-order valence-corrected chi connectivity index (χ2v) is 3.54. The summed E-state index contributed by atoms with van der Waals surface area (Å²) in [5.41, 5.74) is 0.818. The van der Waals surface area contributed by atoms with Crippen LogP contribution in [0.15, 0.2) is 30.4 Å². The number of phenols is 2. The fourth-order valence-corrected chi connectivity index (χ4v) is 1.73. The van der Waals surface area contributed by atoms with Crippen molar-refractivity contribution in [1.29, 1.82) is 0 Å². The molecule has 1 aromatic rings. The number of hydrogen-bond acceptors (Lipinski definition) is 4. The van der Waals surface area contributed by atoms with Crippen LogP contribution in [0.5, 0.6) is 17.2 Å². The lowest BCUT2D eigenvalue weighted by molar-refractivity contribution is 0.348. The largest absolute Gasteiger partial charge is 0.515 e. The van der Waals surface area contributed by atoms with Crippen molar-refractivity contribution in [2.24, 2.45) is 0 Å². The van der Waals surface area contributed by atoms with Crippen molar-refractivity contribution in [2.75, 3.05) is 7.11 Å². The fourth-order valence-electron chi connectivity index (χ4n) is 1.73. The third-order valence-electron chi connectivity index (χ3n) is 2.60. The summed E-state index contributed by atoms with van der Waals surface area (Å²) >= 11 is 0. The number of aliphatic hydroxyl groups is 1. The molecule has 4 heteroatoms. The van der Waals surface area contributed by atoms with E-state index in [0.29, 0.717) is 5.22 Å². The van der Waals surface area contributed by atoms with Gasteiger partial charge in [0, 0.05) is 0 Å². The van der Waals surface area contributed by atoms with Crippen LogP contribution in [0, 0.1) is 0 Å². The van der Waals surface area contributed by atoms with Gasteiger partial charge in [0.2, 0.25) is 5.75 Å². The Kier molecular flexibility index (Phi) is 2.78. The minimum absolute atomic E-state index is 0.157. The van der Waals surface area contributed by atoms with Crippen LogP contribution in [0.1, 0.15) is 0 Å². The molecular formula is C13H12O4. The zero-order valence-electron chi connectivity index (χ0n) is 9.21. The second kappa shape index (κ2) is 4.25. The summed E-state index contributed by atoms with van der Waals surface area (Å²) in [5, 5.41) is 29.3. The predicted molar refractivity (Wildman–Crippen MR) is 64.4 cm³/mol. The fraction of sp³-hybridized carbons (Fsp3) is 0.0769. The number of hydrogen-bond donors (Lipinski definition) is 3. The molecule has 0 fully saturated rings. The van der Waals surface area contributed by atoms with Gasteiger partial charge in [-0.25, -0.2) is 0 Å². The number of allylic oxidation sites excluding steroid dienone is 4. The number of aliphatic hydroxyl groups excluding tert-OH is 1. The molecule has 88 valence electrons. The molecule has 0 radical (unpaired) electrons. The summed E-state index contributed by atoms with van der Waals surface area (Å²) < 4.78 is 4.96. The first-order valence-corrected chi connectivity index (χ1v) is 5.01. The lowest BCUT2D eigenvalue weighted by Crippen LogP contribution is -2.26. The number of aromatic hydroxyl groups is 2. The van der Waals surface area contributed by atoms with Crippen LogP contribution < -0.4 is 15.2 Å². The number of ether oxygens (including phenoxy) is 1. The molecule has 4 nitrogen and oxygen atoms in total. The summed E-state index contributed by atoms with van der Waals surface area (Å²) in [6.45, 7) is 0. The van der Waals surface area contributed by atoms with Gasteiger partial charge in [0.25, 0.3) is 0 Å². The van der Waals surface area contributed by atoms with E-state index in [4.69, 9.17) is 9.84 Å². The van der Waals surface area contributed by atoms with Crippen molar-refractivity contribution in [3.63, 3.8) is 0 Å². The topological polar surface area (TPSA) is 69.9 Å².